The molecule has 4 aliphatic rings. The summed E-state index contributed by atoms with van der Waals surface area (Å²) in [5, 5.41) is 45.6. The summed E-state index contributed by atoms with van der Waals surface area (Å²) in [5.74, 6) is 0.820. The highest BCUT2D eigenvalue weighted by Gasteiger charge is 2.65. The Kier molecular flexibility index (Phi) is 14.6. The standard InChI is InChI=1S/C54H69N5O7/c1-33(16-25-48(64)66-4)39-21-22-40-49-41(32-44(61)54(39,40)3)53(2)27-26-38(30-36(53)31-43(49)60)58-47(63)24-23-46(62)57-37-19-17-34(18-20-37)51(59-45-15-9-11-29-56-45)50(42-14-8-10-28-55-42)52(65)35-12-6-5-7-13-35/h5-15,17-20,28-29,33,36,38-41,43-44,49-52,60-61,65H,16,21-27,30-32H2,1-4H3,(H,56,59)(H,57,62)(H,58,63)/t33-,36+,38+,39-,40+,41+,43-,44+,49+,50?,51?,52?,53+,54-/m1/s1. The monoisotopic (exact) mass is 900 g/mol. The number of esters is 1. The van der Waals surface area contributed by atoms with Gasteiger partial charge in [0.25, 0.3) is 0 Å². The Morgan fingerprint density at radius 1 is 0.788 bits per heavy atom. The summed E-state index contributed by atoms with van der Waals surface area (Å²) in [6.45, 7) is 6.81. The molecule has 0 aliphatic heterocycles. The highest BCUT2D eigenvalue weighted by Crippen LogP contribution is 2.68. The molecule has 2 amide bonds. The minimum atomic E-state index is -0.905. The van der Waals surface area contributed by atoms with E-state index in [1.165, 1.54) is 7.11 Å². The number of benzene rings is 2. The van der Waals surface area contributed by atoms with Crippen LogP contribution in [0.2, 0.25) is 0 Å². The number of anilines is 2. The number of carbonyl (C=O) groups excluding carboxylic acids is 3. The number of amides is 2. The molecule has 352 valence electrons. The fourth-order valence-electron chi connectivity index (χ4n) is 13.4. The molecule has 4 aliphatic carbocycles. The van der Waals surface area contributed by atoms with Gasteiger partial charge in [-0.05, 0) is 145 Å². The summed E-state index contributed by atoms with van der Waals surface area (Å²) >= 11 is 0. The first kappa shape index (κ1) is 47.3. The summed E-state index contributed by atoms with van der Waals surface area (Å²) in [6.07, 6.45) is 8.62. The molecule has 4 fully saturated rings. The van der Waals surface area contributed by atoms with E-state index in [-0.39, 0.29) is 83.0 Å². The van der Waals surface area contributed by atoms with Gasteiger partial charge in [0, 0.05) is 49.1 Å². The zero-order valence-corrected chi connectivity index (χ0v) is 38.9. The number of aromatic nitrogens is 2. The van der Waals surface area contributed by atoms with Gasteiger partial charge in [-0.25, -0.2) is 4.98 Å². The summed E-state index contributed by atoms with van der Waals surface area (Å²) < 4.78 is 4.91. The van der Waals surface area contributed by atoms with Crippen LogP contribution in [0.1, 0.15) is 126 Å². The fraction of sp³-hybridized carbons (Fsp3) is 0.537. The minimum Gasteiger partial charge on any atom is -0.469 e. The van der Waals surface area contributed by atoms with Crippen molar-refractivity contribution < 1.29 is 34.4 Å². The third-order valence-corrected chi connectivity index (χ3v) is 16.9. The molecule has 12 heteroatoms. The van der Waals surface area contributed by atoms with E-state index in [9.17, 15) is 29.7 Å². The normalized spacial score (nSPS) is 30.8. The SMILES string of the molecule is COC(=O)CC[C@@H](C)[C@H]1CC[C@H]2[C@@H]3[C@H](O)C[C@@H]4C[C@@H](NC(=O)CCC(=O)Nc5ccc(C(Nc6ccccn6)C(c6ccccn6)C(O)c6ccccc6)cc5)CC[C@]4(C)[C@H]3C[C@H](O)[C@]12C. The number of carbonyl (C=O) groups is 3. The van der Waals surface area contributed by atoms with Crippen LogP contribution >= 0.6 is 0 Å². The Balaban J connectivity index is 0.866. The molecule has 66 heavy (non-hydrogen) atoms. The third kappa shape index (κ3) is 9.78. The topological polar surface area (TPSA) is 183 Å². The molecular formula is C54H69N5O7. The summed E-state index contributed by atoms with van der Waals surface area (Å²) in [7, 11) is 1.43. The van der Waals surface area contributed by atoms with Gasteiger partial charge in [0.15, 0.2) is 0 Å². The lowest BCUT2D eigenvalue weighted by atomic mass is 9.43. The van der Waals surface area contributed by atoms with Crippen molar-refractivity contribution >= 4 is 29.3 Å². The lowest BCUT2D eigenvalue weighted by molar-refractivity contribution is -0.202. The number of ether oxygens (including phenoxy) is 1. The van der Waals surface area contributed by atoms with Gasteiger partial charge in [-0.2, -0.15) is 0 Å². The number of rotatable bonds is 16. The molecule has 4 aromatic rings. The molecular weight excluding hydrogens is 831 g/mol. The summed E-state index contributed by atoms with van der Waals surface area (Å²) in [4.78, 5) is 47.8. The molecule has 8 rings (SSSR count). The fourth-order valence-corrected chi connectivity index (χ4v) is 13.4. The smallest absolute Gasteiger partial charge is 0.305 e. The number of aliphatic hydroxyl groups is 3. The third-order valence-electron chi connectivity index (χ3n) is 16.9. The van der Waals surface area contributed by atoms with Crippen molar-refractivity contribution in [3.8, 4) is 0 Å². The molecule has 3 unspecified atom stereocenters. The molecule has 0 bridgehead atoms. The quantitative estimate of drug-likeness (QED) is 0.0596. The number of methoxy groups -OCH3 is 1. The maximum absolute atomic E-state index is 13.4. The Bertz CT molecular complexity index is 2250. The van der Waals surface area contributed by atoms with Crippen molar-refractivity contribution in [1.82, 2.24) is 15.3 Å². The van der Waals surface area contributed by atoms with Gasteiger partial charge in [-0.3, -0.25) is 19.4 Å². The molecule has 4 saturated carbocycles. The van der Waals surface area contributed by atoms with Crippen molar-refractivity contribution in [3.05, 3.63) is 120 Å². The Labute approximate surface area is 389 Å². The number of pyridine rings is 2. The van der Waals surface area contributed by atoms with Gasteiger partial charge in [0.05, 0.1) is 37.4 Å². The van der Waals surface area contributed by atoms with Crippen LogP contribution in [0.5, 0.6) is 0 Å². The first-order valence-electron chi connectivity index (χ1n) is 24.2. The zero-order valence-electron chi connectivity index (χ0n) is 38.9. The van der Waals surface area contributed by atoms with Crippen LogP contribution in [-0.4, -0.2) is 68.4 Å². The molecule has 12 nitrogen and oxygen atoms in total. The second-order valence-electron chi connectivity index (χ2n) is 20.4. The van der Waals surface area contributed by atoms with Crippen LogP contribution in [0, 0.1) is 46.3 Å². The van der Waals surface area contributed by atoms with E-state index in [4.69, 9.17) is 4.74 Å². The molecule has 2 heterocycles. The number of fused-ring (bicyclic) bond motifs is 5. The zero-order chi connectivity index (χ0) is 46.6. The average Bonchev–Trinajstić information content (AvgIpc) is 3.70. The van der Waals surface area contributed by atoms with Crippen LogP contribution in [0.15, 0.2) is 103 Å². The van der Waals surface area contributed by atoms with Gasteiger partial charge in [-0.15, -0.1) is 0 Å². The predicted octanol–water partition coefficient (Wildman–Crippen LogP) is 8.54. The van der Waals surface area contributed by atoms with Crippen LogP contribution in [-0.2, 0) is 19.1 Å². The van der Waals surface area contributed by atoms with Crippen molar-refractivity contribution in [2.75, 3.05) is 17.7 Å². The first-order valence-corrected chi connectivity index (χ1v) is 24.2. The number of nitrogens with zero attached hydrogens (tertiary/aromatic N) is 2. The minimum absolute atomic E-state index is 0.0269. The van der Waals surface area contributed by atoms with Crippen molar-refractivity contribution in [2.24, 2.45) is 46.3 Å². The second kappa shape index (κ2) is 20.4. The molecule has 0 saturated heterocycles. The molecule has 0 radical (unpaired) electrons. The Morgan fingerprint density at radius 2 is 1.50 bits per heavy atom. The van der Waals surface area contributed by atoms with Crippen LogP contribution < -0.4 is 16.0 Å². The average molecular weight is 900 g/mol. The number of aliphatic hydroxyl groups excluding tert-OH is 3. The first-order chi connectivity index (χ1) is 31.8. The Morgan fingerprint density at radius 3 is 2.20 bits per heavy atom. The van der Waals surface area contributed by atoms with E-state index in [0.29, 0.717) is 36.5 Å². The van der Waals surface area contributed by atoms with Gasteiger partial charge in [-0.1, -0.05) is 75.4 Å². The molecule has 2 aromatic carbocycles. The van der Waals surface area contributed by atoms with E-state index in [1.54, 1.807) is 12.4 Å². The number of hydrogen-bond acceptors (Lipinski definition) is 10. The lowest BCUT2D eigenvalue weighted by Crippen LogP contribution is -2.63. The van der Waals surface area contributed by atoms with Crippen LogP contribution in [0.25, 0.3) is 0 Å². The van der Waals surface area contributed by atoms with E-state index in [2.05, 4.69) is 46.7 Å². The lowest BCUT2D eigenvalue weighted by Gasteiger charge is -2.63. The van der Waals surface area contributed by atoms with Gasteiger partial charge < -0.3 is 36.0 Å². The summed E-state index contributed by atoms with van der Waals surface area (Å²) in [5.41, 5.74) is 2.56. The van der Waals surface area contributed by atoms with Crippen molar-refractivity contribution in [3.63, 3.8) is 0 Å². The van der Waals surface area contributed by atoms with Gasteiger partial charge in [0.2, 0.25) is 11.8 Å². The largest absolute Gasteiger partial charge is 0.469 e. The van der Waals surface area contributed by atoms with Crippen LogP contribution in [0.4, 0.5) is 11.5 Å². The highest BCUT2D eigenvalue weighted by molar-refractivity contribution is 5.93. The molecule has 0 spiro atoms. The van der Waals surface area contributed by atoms with E-state index in [0.717, 1.165) is 49.7 Å². The Hall–Kier alpha value is -5.17. The second-order valence-corrected chi connectivity index (χ2v) is 20.4. The molecule has 14 atom stereocenters. The van der Waals surface area contributed by atoms with Crippen LogP contribution in [0.3, 0.4) is 0 Å². The highest BCUT2D eigenvalue weighted by atomic mass is 16.5. The number of hydrogen-bond donors (Lipinski definition) is 6. The van der Waals surface area contributed by atoms with Gasteiger partial charge >= 0.3 is 5.97 Å². The van der Waals surface area contributed by atoms with Crippen molar-refractivity contribution in [1.29, 1.82) is 0 Å². The molecule has 2 aromatic heterocycles. The van der Waals surface area contributed by atoms with E-state index in [1.807, 2.05) is 91.0 Å². The maximum Gasteiger partial charge on any atom is 0.305 e. The van der Waals surface area contributed by atoms with E-state index < -0.39 is 30.3 Å². The van der Waals surface area contributed by atoms with Crippen molar-refractivity contribution in [2.45, 2.75) is 128 Å². The maximum atomic E-state index is 13.4. The number of nitrogens with one attached hydrogen (secondary N) is 3. The molecule has 6 N–H and O–H groups in total. The van der Waals surface area contributed by atoms with Gasteiger partial charge in [0.1, 0.15) is 5.82 Å². The summed E-state index contributed by atoms with van der Waals surface area (Å²) in [6, 6.07) is 27.8. The predicted molar refractivity (Wildman–Crippen MR) is 254 cm³/mol. The van der Waals surface area contributed by atoms with E-state index >= 15 is 0 Å².